The van der Waals surface area contributed by atoms with E-state index in [0.717, 1.165) is 0 Å². The molecule has 7 heteroatoms. The van der Waals surface area contributed by atoms with Crippen LogP contribution in [-0.2, 0) is 9.59 Å². The molecule has 0 unspecified atom stereocenters. The first kappa shape index (κ1) is 14.0. The molecule has 1 amide bonds. The van der Waals surface area contributed by atoms with Gasteiger partial charge in [0.25, 0.3) is 0 Å². The average molecular weight is 221 g/mol. The fourth-order valence-corrected chi connectivity index (χ4v) is 0.825. The first-order chi connectivity index (χ1) is 6.90. The normalized spacial score (nSPS) is 16.6. The first-order valence-electron chi connectivity index (χ1n) is 4.32. The SMILES string of the molecule is CC(=O)NCC(=O)[C@H](O)[C@@H](O)[C@H](O)CO. The highest BCUT2D eigenvalue weighted by Gasteiger charge is 2.29. The number of Topliss-reactive ketones (excluding diaryl/α,β-unsaturated/α-hetero) is 1. The van der Waals surface area contributed by atoms with E-state index < -0.39 is 43.2 Å². The van der Waals surface area contributed by atoms with Crippen LogP contribution in [0.15, 0.2) is 0 Å². The highest BCUT2D eigenvalue weighted by atomic mass is 16.4. The van der Waals surface area contributed by atoms with Crippen LogP contribution < -0.4 is 5.32 Å². The van der Waals surface area contributed by atoms with Crippen molar-refractivity contribution < 1.29 is 30.0 Å². The molecule has 0 saturated carbocycles. The number of hydrogen-bond acceptors (Lipinski definition) is 6. The molecule has 0 aliphatic heterocycles. The summed E-state index contributed by atoms with van der Waals surface area (Å²) < 4.78 is 0. The van der Waals surface area contributed by atoms with Crippen LogP contribution in [0.5, 0.6) is 0 Å². The molecular weight excluding hydrogens is 206 g/mol. The number of aliphatic hydroxyl groups is 4. The summed E-state index contributed by atoms with van der Waals surface area (Å²) in [6.07, 6.45) is -5.20. The van der Waals surface area contributed by atoms with Crippen molar-refractivity contribution in [3.63, 3.8) is 0 Å². The summed E-state index contributed by atoms with van der Waals surface area (Å²) in [4.78, 5) is 21.5. The highest BCUT2D eigenvalue weighted by molar-refractivity contribution is 5.88. The van der Waals surface area contributed by atoms with Crippen molar-refractivity contribution in [3.05, 3.63) is 0 Å². The molecule has 0 fully saturated rings. The number of ketones is 1. The quantitative estimate of drug-likeness (QED) is 0.321. The summed E-state index contributed by atoms with van der Waals surface area (Å²) in [6.45, 7) is -0.0178. The Hall–Kier alpha value is -1.02. The van der Waals surface area contributed by atoms with Crippen LogP contribution in [0, 0.1) is 0 Å². The predicted molar refractivity (Wildman–Crippen MR) is 48.8 cm³/mol. The number of rotatable bonds is 6. The number of nitrogens with one attached hydrogen (secondary N) is 1. The van der Waals surface area contributed by atoms with E-state index in [2.05, 4.69) is 5.32 Å². The Bertz CT molecular complexity index is 231. The van der Waals surface area contributed by atoms with Gasteiger partial charge in [-0.05, 0) is 0 Å². The van der Waals surface area contributed by atoms with Crippen LogP contribution in [0.25, 0.3) is 0 Å². The minimum Gasteiger partial charge on any atom is -0.394 e. The van der Waals surface area contributed by atoms with Gasteiger partial charge >= 0.3 is 0 Å². The molecule has 0 bridgehead atoms. The number of amides is 1. The fraction of sp³-hybridized carbons (Fsp3) is 0.750. The van der Waals surface area contributed by atoms with E-state index in [4.69, 9.17) is 15.3 Å². The number of hydrogen-bond donors (Lipinski definition) is 5. The third-order valence-corrected chi connectivity index (χ3v) is 1.75. The largest absolute Gasteiger partial charge is 0.394 e. The van der Waals surface area contributed by atoms with E-state index in [-0.39, 0.29) is 0 Å². The Kier molecular flexibility index (Phi) is 6.02. The zero-order valence-electron chi connectivity index (χ0n) is 8.25. The summed E-state index contributed by atoms with van der Waals surface area (Å²) in [5.74, 6) is -1.29. The molecule has 0 rings (SSSR count). The van der Waals surface area contributed by atoms with Crippen molar-refractivity contribution >= 4 is 11.7 Å². The lowest BCUT2D eigenvalue weighted by molar-refractivity contribution is -0.140. The summed E-state index contributed by atoms with van der Waals surface area (Å²) in [5, 5.41) is 37.8. The van der Waals surface area contributed by atoms with Crippen LogP contribution in [0.4, 0.5) is 0 Å². The van der Waals surface area contributed by atoms with Gasteiger partial charge in [0.2, 0.25) is 5.91 Å². The van der Waals surface area contributed by atoms with Crippen LogP contribution in [0.1, 0.15) is 6.92 Å². The van der Waals surface area contributed by atoms with Gasteiger partial charge in [-0.1, -0.05) is 0 Å². The molecule has 0 aliphatic carbocycles. The Labute approximate surface area is 86.3 Å². The highest BCUT2D eigenvalue weighted by Crippen LogP contribution is 2.00. The lowest BCUT2D eigenvalue weighted by atomic mass is 10.0. The fourth-order valence-electron chi connectivity index (χ4n) is 0.825. The van der Waals surface area contributed by atoms with Gasteiger partial charge in [0.1, 0.15) is 18.3 Å². The minimum absolute atomic E-state index is 0.439. The average Bonchev–Trinajstić information content (AvgIpc) is 2.22. The number of carbonyl (C=O) groups is 2. The number of aliphatic hydroxyl groups excluding tert-OH is 4. The molecule has 0 aliphatic rings. The Balaban J connectivity index is 4.13. The topological polar surface area (TPSA) is 127 Å². The lowest BCUT2D eigenvalue weighted by Crippen LogP contribution is -2.47. The van der Waals surface area contributed by atoms with Gasteiger partial charge in [-0.2, -0.15) is 0 Å². The third-order valence-electron chi connectivity index (χ3n) is 1.75. The lowest BCUT2D eigenvalue weighted by Gasteiger charge is -2.20. The van der Waals surface area contributed by atoms with Gasteiger partial charge in [0.05, 0.1) is 13.2 Å². The molecular formula is C8H15NO6. The Morgan fingerprint density at radius 1 is 1.27 bits per heavy atom. The van der Waals surface area contributed by atoms with E-state index in [9.17, 15) is 14.7 Å². The van der Waals surface area contributed by atoms with E-state index in [1.165, 1.54) is 6.92 Å². The molecule has 15 heavy (non-hydrogen) atoms. The predicted octanol–water partition coefficient (Wildman–Crippen LogP) is -3.23. The summed E-state index contributed by atoms with van der Waals surface area (Å²) in [6, 6.07) is 0. The molecule has 5 N–H and O–H groups in total. The second-order valence-corrected chi connectivity index (χ2v) is 3.06. The maximum absolute atomic E-state index is 11.1. The van der Waals surface area contributed by atoms with Crippen LogP contribution in [0.3, 0.4) is 0 Å². The van der Waals surface area contributed by atoms with Gasteiger partial charge < -0.3 is 25.7 Å². The molecule has 0 spiro atoms. The van der Waals surface area contributed by atoms with Crippen LogP contribution in [-0.4, -0.2) is 63.6 Å². The maximum Gasteiger partial charge on any atom is 0.217 e. The van der Waals surface area contributed by atoms with Gasteiger partial charge in [0.15, 0.2) is 5.78 Å². The third kappa shape index (κ3) is 4.84. The van der Waals surface area contributed by atoms with E-state index in [1.54, 1.807) is 0 Å². The maximum atomic E-state index is 11.1. The van der Waals surface area contributed by atoms with Gasteiger partial charge in [-0.15, -0.1) is 0 Å². The second kappa shape index (κ2) is 6.46. The molecule has 0 saturated heterocycles. The first-order valence-corrected chi connectivity index (χ1v) is 4.32. The Morgan fingerprint density at radius 2 is 1.80 bits per heavy atom. The van der Waals surface area contributed by atoms with Crippen molar-refractivity contribution in [2.75, 3.05) is 13.2 Å². The zero-order chi connectivity index (χ0) is 12.0. The molecule has 7 nitrogen and oxygen atoms in total. The molecule has 0 radical (unpaired) electrons. The van der Waals surface area contributed by atoms with Crippen LogP contribution >= 0.6 is 0 Å². The van der Waals surface area contributed by atoms with Crippen molar-refractivity contribution in [1.29, 1.82) is 0 Å². The van der Waals surface area contributed by atoms with Gasteiger partial charge in [-0.3, -0.25) is 9.59 Å². The van der Waals surface area contributed by atoms with Gasteiger partial charge in [-0.25, -0.2) is 0 Å². The zero-order valence-corrected chi connectivity index (χ0v) is 8.25. The molecule has 0 heterocycles. The van der Waals surface area contributed by atoms with Gasteiger partial charge in [0, 0.05) is 6.92 Å². The molecule has 0 aromatic rings. The standard InChI is InChI=1S/C8H15NO6/c1-4(11)9-2-5(12)7(14)8(15)6(13)3-10/h6-8,10,13-15H,2-3H2,1H3,(H,9,11)/t6-,7+,8+/m1/s1. The van der Waals surface area contributed by atoms with E-state index >= 15 is 0 Å². The van der Waals surface area contributed by atoms with E-state index in [0.29, 0.717) is 0 Å². The Morgan fingerprint density at radius 3 is 2.20 bits per heavy atom. The monoisotopic (exact) mass is 221 g/mol. The van der Waals surface area contributed by atoms with E-state index in [1.807, 2.05) is 0 Å². The smallest absolute Gasteiger partial charge is 0.217 e. The van der Waals surface area contributed by atoms with Crippen LogP contribution in [0.2, 0.25) is 0 Å². The molecule has 88 valence electrons. The second-order valence-electron chi connectivity index (χ2n) is 3.06. The van der Waals surface area contributed by atoms with Crippen molar-refractivity contribution in [2.24, 2.45) is 0 Å². The molecule has 0 aromatic carbocycles. The summed E-state index contributed by atoms with van der Waals surface area (Å²) in [5.41, 5.74) is 0. The molecule has 3 atom stereocenters. The number of carbonyl (C=O) groups excluding carboxylic acids is 2. The van der Waals surface area contributed by atoms with Crippen molar-refractivity contribution in [1.82, 2.24) is 5.32 Å². The summed E-state index contributed by atoms with van der Waals surface area (Å²) in [7, 11) is 0. The summed E-state index contributed by atoms with van der Waals surface area (Å²) >= 11 is 0. The minimum atomic E-state index is -1.83. The van der Waals surface area contributed by atoms with Crippen molar-refractivity contribution in [3.8, 4) is 0 Å². The molecule has 0 aromatic heterocycles. The van der Waals surface area contributed by atoms with Crippen molar-refractivity contribution in [2.45, 2.75) is 25.2 Å².